The minimum Gasteiger partial charge on any atom is -0.493 e. The zero-order valence-corrected chi connectivity index (χ0v) is 24.1. The third kappa shape index (κ3) is 6.80. The van der Waals surface area contributed by atoms with E-state index in [1.165, 1.54) is 0 Å². The van der Waals surface area contributed by atoms with E-state index < -0.39 is 11.7 Å². The van der Waals surface area contributed by atoms with E-state index in [4.69, 9.17) is 24.7 Å². The number of nitrogen functional groups attached to an aromatic ring is 1. The summed E-state index contributed by atoms with van der Waals surface area (Å²) in [6.45, 7) is 9.93. The Balaban J connectivity index is 1.62. The monoisotopic (exact) mass is 547 g/mol. The van der Waals surface area contributed by atoms with Gasteiger partial charge >= 0.3 is 6.09 Å². The lowest BCUT2D eigenvalue weighted by Gasteiger charge is -2.24. The number of hydrogen-bond acceptors (Lipinski definition) is 9. The van der Waals surface area contributed by atoms with Gasteiger partial charge in [-0.05, 0) is 56.7 Å². The number of amides is 1. The Labute approximate surface area is 234 Å². The third-order valence-corrected chi connectivity index (χ3v) is 6.15. The average molecular weight is 548 g/mol. The predicted molar refractivity (Wildman–Crippen MR) is 156 cm³/mol. The minimum atomic E-state index is -0.584. The molecule has 0 spiro atoms. The molecule has 0 aliphatic carbocycles. The van der Waals surface area contributed by atoms with Gasteiger partial charge in [-0.25, -0.2) is 9.78 Å². The van der Waals surface area contributed by atoms with E-state index in [0.29, 0.717) is 34.7 Å². The summed E-state index contributed by atoms with van der Waals surface area (Å²) < 4.78 is 22.4. The molecular weight excluding hydrogens is 510 g/mol. The predicted octanol–water partition coefficient (Wildman–Crippen LogP) is 5.76. The normalized spacial score (nSPS) is 12.4. The molecular formula is C30H37N5O5. The standard InChI is InChI=1S/C30H37N5O5/c1-17(2)8-19(34-29(36)40-30(3,4)5)16-39-20-9-18(13-32-14-20)24-10-21-22-11-26(37-6)27(38-7)12-25(22)33-15-23(21)28(31)35-24/h9-15,17,19H,8,16H2,1-7H3,(H2,31,35)(H,34,36)/t19-/m1/s1. The molecule has 1 aromatic carbocycles. The number of rotatable bonds is 9. The molecule has 212 valence electrons. The molecule has 0 unspecified atom stereocenters. The molecule has 10 nitrogen and oxygen atoms in total. The SMILES string of the molecule is COc1cc2ncc3c(N)nc(-c4cncc(OC[C@@H](CC(C)C)NC(=O)OC(C)(C)C)c4)cc3c2cc1OC. The van der Waals surface area contributed by atoms with Crippen molar-refractivity contribution in [2.75, 3.05) is 26.6 Å². The van der Waals surface area contributed by atoms with E-state index in [-0.39, 0.29) is 12.6 Å². The number of nitrogens with zero attached hydrogens (tertiary/aromatic N) is 3. The molecule has 40 heavy (non-hydrogen) atoms. The van der Waals surface area contributed by atoms with Crippen molar-refractivity contribution in [1.82, 2.24) is 20.3 Å². The Bertz CT molecular complexity index is 1520. The Morgan fingerprint density at radius 3 is 2.38 bits per heavy atom. The number of aromatic nitrogens is 3. The number of fused-ring (bicyclic) bond motifs is 3. The Hall–Kier alpha value is -4.34. The molecule has 0 saturated carbocycles. The lowest BCUT2D eigenvalue weighted by atomic mass is 10.0. The fraction of sp³-hybridized carbons (Fsp3) is 0.400. The van der Waals surface area contributed by atoms with Gasteiger partial charge in [0.05, 0.1) is 37.7 Å². The number of benzene rings is 1. The highest BCUT2D eigenvalue weighted by atomic mass is 16.6. The van der Waals surface area contributed by atoms with Crippen molar-refractivity contribution in [3.05, 3.63) is 42.9 Å². The molecule has 1 amide bonds. The van der Waals surface area contributed by atoms with Gasteiger partial charge in [0, 0.05) is 34.8 Å². The second-order valence-corrected chi connectivity index (χ2v) is 11.0. The quantitative estimate of drug-likeness (QED) is 0.251. The third-order valence-electron chi connectivity index (χ3n) is 6.15. The van der Waals surface area contributed by atoms with Gasteiger partial charge in [0.15, 0.2) is 11.5 Å². The van der Waals surface area contributed by atoms with Crippen LogP contribution >= 0.6 is 0 Å². The number of nitrogens with two attached hydrogens (primary N) is 1. The van der Waals surface area contributed by atoms with E-state index in [1.54, 1.807) is 32.8 Å². The number of alkyl carbamates (subject to hydrolysis) is 1. The summed E-state index contributed by atoms with van der Waals surface area (Å²) in [5.74, 6) is 2.43. The van der Waals surface area contributed by atoms with Crippen LogP contribution in [-0.2, 0) is 4.74 Å². The van der Waals surface area contributed by atoms with Crippen LogP contribution in [0.25, 0.3) is 32.9 Å². The van der Waals surface area contributed by atoms with Gasteiger partial charge in [-0.15, -0.1) is 0 Å². The zero-order chi connectivity index (χ0) is 29.0. The molecule has 0 aliphatic rings. The summed E-state index contributed by atoms with van der Waals surface area (Å²) in [7, 11) is 3.18. The highest BCUT2D eigenvalue weighted by molar-refractivity contribution is 6.10. The molecule has 4 aromatic rings. The summed E-state index contributed by atoms with van der Waals surface area (Å²) in [5, 5.41) is 5.38. The van der Waals surface area contributed by atoms with Crippen molar-refractivity contribution < 1.29 is 23.7 Å². The second kappa shape index (κ2) is 11.8. The van der Waals surface area contributed by atoms with Gasteiger partial charge in [0.25, 0.3) is 0 Å². The summed E-state index contributed by atoms with van der Waals surface area (Å²) in [5.41, 5.74) is 7.90. The number of pyridine rings is 3. The molecule has 0 aliphatic heterocycles. The van der Waals surface area contributed by atoms with E-state index in [9.17, 15) is 4.79 Å². The maximum Gasteiger partial charge on any atom is 0.407 e. The second-order valence-electron chi connectivity index (χ2n) is 11.0. The number of methoxy groups -OCH3 is 2. The van der Waals surface area contributed by atoms with Crippen LogP contribution in [-0.4, -0.2) is 53.5 Å². The fourth-order valence-electron chi connectivity index (χ4n) is 4.45. The Morgan fingerprint density at radius 2 is 1.70 bits per heavy atom. The van der Waals surface area contributed by atoms with Crippen LogP contribution in [0, 0.1) is 5.92 Å². The van der Waals surface area contributed by atoms with Crippen molar-refractivity contribution in [2.45, 2.75) is 52.7 Å². The molecule has 1 atom stereocenters. The number of carbonyl (C=O) groups is 1. The van der Waals surface area contributed by atoms with Crippen LogP contribution in [0.3, 0.4) is 0 Å². The van der Waals surface area contributed by atoms with Gasteiger partial charge in [0.2, 0.25) is 0 Å². The van der Waals surface area contributed by atoms with Crippen LogP contribution in [0.5, 0.6) is 17.2 Å². The highest BCUT2D eigenvalue weighted by Crippen LogP contribution is 2.37. The van der Waals surface area contributed by atoms with Gasteiger partial charge in [-0.1, -0.05) is 13.8 Å². The lowest BCUT2D eigenvalue weighted by Crippen LogP contribution is -2.42. The van der Waals surface area contributed by atoms with E-state index in [2.05, 4.69) is 34.1 Å². The summed E-state index contributed by atoms with van der Waals surface area (Å²) >= 11 is 0. The van der Waals surface area contributed by atoms with Crippen LogP contribution in [0.4, 0.5) is 10.6 Å². The summed E-state index contributed by atoms with van der Waals surface area (Å²) in [6.07, 6.45) is 5.30. The van der Waals surface area contributed by atoms with Crippen molar-refractivity contribution >= 4 is 33.6 Å². The first-order valence-electron chi connectivity index (χ1n) is 13.2. The maximum absolute atomic E-state index is 12.4. The fourth-order valence-corrected chi connectivity index (χ4v) is 4.45. The average Bonchev–Trinajstić information content (AvgIpc) is 2.89. The molecule has 4 rings (SSSR count). The van der Waals surface area contributed by atoms with Crippen molar-refractivity contribution in [3.63, 3.8) is 0 Å². The van der Waals surface area contributed by atoms with Gasteiger partial charge in [-0.2, -0.15) is 0 Å². The van der Waals surface area contributed by atoms with E-state index in [0.717, 1.165) is 33.7 Å². The van der Waals surface area contributed by atoms with E-state index in [1.807, 2.05) is 45.0 Å². The summed E-state index contributed by atoms with van der Waals surface area (Å²) in [4.78, 5) is 25.9. The molecule has 0 radical (unpaired) electrons. The van der Waals surface area contributed by atoms with Gasteiger partial charge in [0.1, 0.15) is 23.8 Å². The lowest BCUT2D eigenvalue weighted by molar-refractivity contribution is 0.0480. The Morgan fingerprint density at radius 1 is 0.975 bits per heavy atom. The topological polar surface area (TPSA) is 131 Å². The first-order chi connectivity index (χ1) is 19.0. The van der Waals surface area contributed by atoms with Crippen LogP contribution in [0.15, 0.2) is 42.9 Å². The molecule has 0 saturated heterocycles. The van der Waals surface area contributed by atoms with E-state index >= 15 is 0 Å². The number of anilines is 1. The Kier molecular flexibility index (Phi) is 8.46. The smallest absolute Gasteiger partial charge is 0.407 e. The number of nitrogens with one attached hydrogen (secondary N) is 1. The van der Waals surface area contributed by atoms with Gasteiger partial charge < -0.3 is 30.0 Å². The molecule has 10 heteroatoms. The first kappa shape index (κ1) is 28.7. The van der Waals surface area contributed by atoms with Crippen LogP contribution < -0.4 is 25.3 Å². The summed E-state index contributed by atoms with van der Waals surface area (Å²) in [6, 6.07) is 7.29. The van der Waals surface area contributed by atoms with Crippen molar-refractivity contribution in [1.29, 1.82) is 0 Å². The minimum absolute atomic E-state index is 0.237. The van der Waals surface area contributed by atoms with Gasteiger partial charge in [-0.3, -0.25) is 9.97 Å². The highest BCUT2D eigenvalue weighted by Gasteiger charge is 2.21. The molecule has 0 fully saturated rings. The van der Waals surface area contributed by atoms with Crippen LogP contribution in [0.1, 0.15) is 41.0 Å². The largest absolute Gasteiger partial charge is 0.493 e. The zero-order valence-electron chi connectivity index (χ0n) is 24.1. The van der Waals surface area contributed by atoms with Crippen molar-refractivity contribution in [3.8, 4) is 28.5 Å². The number of hydrogen-bond donors (Lipinski definition) is 2. The van der Waals surface area contributed by atoms with Crippen molar-refractivity contribution in [2.24, 2.45) is 5.92 Å². The number of carbonyl (C=O) groups excluding carboxylic acids is 1. The number of ether oxygens (including phenoxy) is 4. The molecule has 0 bridgehead atoms. The molecule has 3 aromatic heterocycles. The maximum atomic E-state index is 12.4. The molecule has 3 heterocycles. The molecule has 3 N–H and O–H groups in total. The first-order valence-corrected chi connectivity index (χ1v) is 13.2. The van der Waals surface area contributed by atoms with Crippen LogP contribution in [0.2, 0.25) is 0 Å².